The molecule has 0 spiro atoms. The number of hydrogen-bond acceptors (Lipinski definition) is 4. The third kappa shape index (κ3) is 4.28. The Morgan fingerprint density at radius 1 is 1.39 bits per heavy atom. The fourth-order valence-electron chi connectivity index (χ4n) is 1.62. The van der Waals surface area contributed by atoms with Crippen LogP contribution in [0.5, 0.6) is 5.75 Å². The van der Waals surface area contributed by atoms with Gasteiger partial charge in [-0.3, -0.25) is 0 Å². The molecule has 1 rings (SSSR count). The van der Waals surface area contributed by atoms with Crippen molar-refractivity contribution in [1.82, 2.24) is 0 Å². The van der Waals surface area contributed by atoms with Crippen molar-refractivity contribution in [1.29, 1.82) is 0 Å². The molecule has 2 N–H and O–H groups in total. The lowest BCUT2D eigenvalue weighted by atomic mass is 10.1. The van der Waals surface area contributed by atoms with E-state index in [4.69, 9.17) is 15.2 Å². The Morgan fingerprint density at radius 2 is 2.11 bits per heavy atom. The molecular formula is C14H21NO3. The lowest BCUT2D eigenvalue weighted by molar-refractivity contribution is 0.0491. The molecule has 0 aromatic heterocycles. The molecule has 0 fully saturated rings. The van der Waals surface area contributed by atoms with E-state index in [1.54, 1.807) is 18.2 Å². The third-order valence-corrected chi connectivity index (χ3v) is 2.60. The van der Waals surface area contributed by atoms with Crippen molar-refractivity contribution in [2.24, 2.45) is 5.92 Å². The number of nitrogens with two attached hydrogens (primary N) is 1. The Kier molecular flexibility index (Phi) is 5.49. The van der Waals surface area contributed by atoms with E-state index in [9.17, 15) is 4.79 Å². The van der Waals surface area contributed by atoms with Gasteiger partial charge in [-0.05, 0) is 37.0 Å². The van der Waals surface area contributed by atoms with Crippen LogP contribution < -0.4 is 10.5 Å². The number of anilines is 1. The number of benzene rings is 1. The van der Waals surface area contributed by atoms with Crippen LogP contribution in [0.15, 0.2) is 18.2 Å². The molecule has 0 heterocycles. The summed E-state index contributed by atoms with van der Waals surface area (Å²) in [5.74, 6) is 0.714. The first-order chi connectivity index (χ1) is 8.54. The number of nitrogen functional groups attached to an aromatic ring is 1. The van der Waals surface area contributed by atoms with Gasteiger partial charge in [-0.25, -0.2) is 4.79 Å². The maximum Gasteiger partial charge on any atom is 0.341 e. The molecule has 0 aliphatic heterocycles. The first-order valence-electron chi connectivity index (χ1n) is 6.15. The summed E-state index contributed by atoms with van der Waals surface area (Å²) in [7, 11) is 1.51. The average molecular weight is 251 g/mol. The van der Waals surface area contributed by atoms with E-state index in [1.807, 2.05) is 0 Å². The minimum atomic E-state index is -0.386. The zero-order valence-electron chi connectivity index (χ0n) is 11.2. The number of carbonyl (C=O) groups is 1. The Balaban J connectivity index is 2.58. The van der Waals surface area contributed by atoms with Crippen LogP contribution in [-0.2, 0) is 4.74 Å². The van der Waals surface area contributed by atoms with E-state index >= 15 is 0 Å². The first-order valence-corrected chi connectivity index (χ1v) is 6.15. The summed E-state index contributed by atoms with van der Waals surface area (Å²) in [4.78, 5) is 11.9. The van der Waals surface area contributed by atoms with E-state index in [2.05, 4.69) is 13.8 Å². The highest BCUT2D eigenvalue weighted by Crippen LogP contribution is 2.22. The van der Waals surface area contributed by atoms with Gasteiger partial charge < -0.3 is 15.2 Å². The van der Waals surface area contributed by atoms with Gasteiger partial charge in [-0.15, -0.1) is 0 Å². The summed E-state index contributed by atoms with van der Waals surface area (Å²) >= 11 is 0. The third-order valence-electron chi connectivity index (χ3n) is 2.60. The number of esters is 1. The molecular weight excluding hydrogens is 230 g/mol. The molecule has 0 radical (unpaired) electrons. The predicted octanol–water partition coefficient (Wildman–Crippen LogP) is 2.87. The van der Waals surface area contributed by atoms with E-state index in [0.29, 0.717) is 29.5 Å². The van der Waals surface area contributed by atoms with Crippen LogP contribution in [-0.4, -0.2) is 19.7 Å². The van der Waals surface area contributed by atoms with Crippen LogP contribution in [0.1, 0.15) is 37.0 Å². The predicted molar refractivity (Wildman–Crippen MR) is 71.8 cm³/mol. The fourth-order valence-corrected chi connectivity index (χ4v) is 1.62. The second-order valence-electron chi connectivity index (χ2n) is 4.63. The molecule has 4 heteroatoms. The van der Waals surface area contributed by atoms with Crippen LogP contribution in [0.2, 0.25) is 0 Å². The van der Waals surface area contributed by atoms with E-state index in [1.165, 1.54) is 7.11 Å². The Hall–Kier alpha value is -1.71. The van der Waals surface area contributed by atoms with Crippen LogP contribution >= 0.6 is 0 Å². The van der Waals surface area contributed by atoms with Gasteiger partial charge in [0.25, 0.3) is 0 Å². The van der Waals surface area contributed by atoms with E-state index < -0.39 is 0 Å². The van der Waals surface area contributed by atoms with Gasteiger partial charge >= 0.3 is 5.97 Å². The normalized spacial score (nSPS) is 10.4. The summed E-state index contributed by atoms with van der Waals surface area (Å²) in [5.41, 5.74) is 6.55. The van der Waals surface area contributed by atoms with Gasteiger partial charge in [-0.2, -0.15) is 0 Å². The Morgan fingerprint density at radius 3 is 2.72 bits per heavy atom. The summed E-state index contributed by atoms with van der Waals surface area (Å²) in [6.07, 6.45) is 1.91. The lowest BCUT2D eigenvalue weighted by Gasteiger charge is -2.10. The summed E-state index contributed by atoms with van der Waals surface area (Å²) in [5, 5.41) is 0. The van der Waals surface area contributed by atoms with Crippen molar-refractivity contribution in [3.8, 4) is 5.75 Å². The van der Waals surface area contributed by atoms with Crippen molar-refractivity contribution in [2.75, 3.05) is 19.5 Å². The number of hydrogen-bond donors (Lipinski definition) is 1. The monoisotopic (exact) mass is 251 g/mol. The highest BCUT2D eigenvalue weighted by atomic mass is 16.5. The van der Waals surface area contributed by atoms with E-state index in [-0.39, 0.29) is 5.97 Å². The van der Waals surface area contributed by atoms with Crippen molar-refractivity contribution in [2.45, 2.75) is 26.7 Å². The number of carbonyl (C=O) groups excluding carboxylic acids is 1. The van der Waals surface area contributed by atoms with E-state index in [0.717, 1.165) is 12.8 Å². The first kappa shape index (κ1) is 14.4. The zero-order chi connectivity index (χ0) is 13.5. The molecule has 0 aliphatic rings. The quantitative estimate of drug-likeness (QED) is 0.480. The minimum Gasteiger partial charge on any atom is -0.496 e. The molecule has 0 unspecified atom stereocenters. The maximum atomic E-state index is 11.9. The molecule has 0 atom stereocenters. The fraction of sp³-hybridized carbons (Fsp3) is 0.500. The zero-order valence-corrected chi connectivity index (χ0v) is 11.2. The smallest absolute Gasteiger partial charge is 0.341 e. The van der Waals surface area contributed by atoms with Gasteiger partial charge in [-0.1, -0.05) is 13.8 Å². The summed E-state index contributed by atoms with van der Waals surface area (Å²) < 4.78 is 10.3. The molecule has 0 amide bonds. The molecule has 0 aliphatic carbocycles. The van der Waals surface area contributed by atoms with Crippen LogP contribution in [0.25, 0.3) is 0 Å². The Labute approximate surface area is 108 Å². The number of methoxy groups -OCH3 is 1. The highest BCUT2D eigenvalue weighted by Gasteiger charge is 2.13. The molecule has 18 heavy (non-hydrogen) atoms. The average Bonchev–Trinajstić information content (AvgIpc) is 2.34. The van der Waals surface area contributed by atoms with Crippen LogP contribution in [0.3, 0.4) is 0 Å². The van der Waals surface area contributed by atoms with Gasteiger partial charge in [0.15, 0.2) is 0 Å². The largest absolute Gasteiger partial charge is 0.496 e. The van der Waals surface area contributed by atoms with Gasteiger partial charge in [0.05, 0.1) is 13.7 Å². The van der Waals surface area contributed by atoms with Crippen LogP contribution in [0.4, 0.5) is 5.69 Å². The molecule has 4 nitrogen and oxygen atoms in total. The second-order valence-corrected chi connectivity index (χ2v) is 4.63. The Bertz CT molecular complexity index is 402. The maximum absolute atomic E-state index is 11.9. The summed E-state index contributed by atoms with van der Waals surface area (Å²) in [6, 6.07) is 4.93. The number of rotatable bonds is 6. The SMILES string of the molecule is COc1ccc(N)cc1C(=O)OCCCC(C)C. The van der Waals surface area contributed by atoms with Crippen molar-refractivity contribution in [3.05, 3.63) is 23.8 Å². The van der Waals surface area contributed by atoms with Crippen molar-refractivity contribution in [3.63, 3.8) is 0 Å². The van der Waals surface area contributed by atoms with Gasteiger partial charge in [0.2, 0.25) is 0 Å². The number of ether oxygens (including phenoxy) is 2. The van der Waals surface area contributed by atoms with Crippen LogP contribution in [0, 0.1) is 5.92 Å². The topological polar surface area (TPSA) is 61.5 Å². The minimum absolute atomic E-state index is 0.377. The molecule has 0 bridgehead atoms. The second kappa shape index (κ2) is 6.89. The molecule has 1 aromatic carbocycles. The standard InChI is InChI=1S/C14H21NO3/c1-10(2)5-4-8-18-14(16)12-9-11(15)6-7-13(12)17-3/h6-7,9-10H,4-5,8,15H2,1-3H3. The van der Waals surface area contributed by atoms with Crippen molar-refractivity contribution < 1.29 is 14.3 Å². The molecule has 1 aromatic rings. The lowest BCUT2D eigenvalue weighted by Crippen LogP contribution is -2.09. The summed E-state index contributed by atoms with van der Waals surface area (Å²) in [6.45, 7) is 4.71. The molecule has 0 saturated heterocycles. The van der Waals surface area contributed by atoms with Crippen molar-refractivity contribution >= 4 is 11.7 Å². The molecule has 0 saturated carbocycles. The van der Waals surface area contributed by atoms with Gasteiger partial charge in [0.1, 0.15) is 11.3 Å². The van der Waals surface area contributed by atoms with Gasteiger partial charge in [0, 0.05) is 5.69 Å². The highest BCUT2D eigenvalue weighted by molar-refractivity contribution is 5.93. The molecule has 100 valence electrons.